The molecule has 2 aromatic heterocycles. The van der Waals surface area contributed by atoms with E-state index in [1.54, 1.807) is 4.52 Å². The minimum Gasteiger partial charge on any atom is -0.368 e. The predicted molar refractivity (Wildman–Crippen MR) is 113 cm³/mol. The molecule has 5 rings (SSSR count). The molecule has 3 aliphatic heterocycles. The van der Waals surface area contributed by atoms with Crippen molar-refractivity contribution in [3.63, 3.8) is 0 Å². The molecule has 30 heavy (non-hydrogen) atoms. The van der Waals surface area contributed by atoms with Crippen LogP contribution in [-0.4, -0.2) is 68.7 Å². The summed E-state index contributed by atoms with van der Waals surface area (Å²) in [6.07, 6.45) is 4.18. The van der Waals surface area contributed by atoms with E-state index in [1.807, 2.05) is 11.0 Å². The molecule has 2 saturated heterocycles. The molecule has 0 saturated carbocycles. The summed E-state index contributed by atoms with van der Waals surface area (Å²) >= 11 is 0. The van der Waals surface area contributed by atoms with Gasteiger partial charge in [0.15, 0.2) is 5.65 Å². The Morgan fingerprint density at radius 1 is 1.23 bits per heavy atom. The Balaban J connectivity index is 1.33. The molecule has 5 heterocycles. The minimum atomic E-state index is -0.242. The van der Waals surface area contributed by atoms with Gasteiger partial charge in [0, 0.05) is 62.9 Å². The minimum absolute atomic E-state index is 0.0256. The van der Waals surface area contributed by atoms with Crippen molar-refractivity contribution in [1.82, 2.24) is 24.4 Å². The molecule has 0 radical (unpaired) electrons. The number of rotatable bonds is 3. The van der Waals surface area contributed by atoms with Crippen LogP contribution >= 0.6 is 0 Å². The number of aromatic nitrogens is 3. The van der Waals surface area contributed by atoms with Gasteiger partial charge in [0.2, 0.25) is 0 Å². The van der Waals surface area contributed by atoms with Crippen LogP contribution in [-0.2, 0) is 22.5 Å². The second-order valence-corrected chi connectivity index (χ2v) is 9.16. The van der Waals surface area contributed by atoms with Gasteiger partial charge in [0.25, 0.3) is 11.5 Å². The first kappa shape index (κ1) is 19.8. The number of fused-ring (bicyclic) bond motifs is 2. The molecular formula is C22H31N5O3. The van der Waals surface area contributed by atoms with Crippen LogP contribution in [0.1, 0.15) is 62.4 Å². The predicted octanol–water partition coefficient (Wildman–Crippen LogP) is 1.67. The lowest BCUT2D eigenvalue weighted by Crippen LogP contribution is -2.43. The molecule has 0 aromatic carbocycles. The Kier molecular flexibility index (Phi) is 5.14. The first-order chi connectivity index (χ1) is 14.5. The van der Waals surface area contributed by atoms with E-state index in [4.69, 9.17) is 9.72 Å². The molecule has 8 heteroatoms. The quantitative estimate of drug-likeness (QED) is 0.828. The van der Waals surface area contributed by atoms with Crippen molar-refractivity contribution >= 4 is 11.6 Å². The lowest BCUT2D eigenvalue weighted by Gasteiger charge is -2.32. The molecule has 8 nitrogen and oxygen atoms in total. The van der Waals surface area contributed by atoms with E-state index in [2.05, 4.69) is 23.8 Å². The van der Waals surface area contributed by atoms with Crippen LogP contribution in [0, 0.1) is 0 Å². The maximum Gasteiger partial charge on any atom is 0.277 e. The van der Waals surface area contributed by atoms with E-state index in [-0.39, 0.29) is 17.6 Å². The summed E-state index contributed by atoms with van der Waals surface area (Å²) in [6.45, 7) is 8.11. The van der Waals surface area contributed by atoms with Crippen molar-refractivity contribution < 1.29 is 9.53 Å². The molecule has 1 amide bonds. The summed E-state index contributed by atoms with van der Waals surface area (Å²) < 4.78 is 7.17. The highest BCUT2D eigenvalue weighted by molar-refractivity contribution is 5.81. The number of amides is 1. The van der Waals surface area contributed by atoms with Crippen LogP contribution < -0.4 is 5.56 Å². The maximum atomic E-state index is 13.1. The number of piperidine rings is 1. The largest absolute Gasteiger partial charge is 0.368 e. The van der Waals surface area contributed by atoms with E-state index in [0.29, 0.717) is 30.8 Å². The van der Waals surface area contributed by atoms with Crippen molar-refractivity contribution in [2.45, 2.75) is 70.6 Å². The molecule has 1 atom stereocenters. The van der Waals surface area contributed by atoms with Gasteiger partial charge in [0.1, 0.15) is 6.10 Å². The molecule has 1 N–H and O–H groups in total. The lowest BCUT2D eigenvalue weighted by atomic mass is 9.93. The summed E-state index contributed by atoms with van der Waals surface area (Å²) in [7, 11) is 0. The number of hydrogen-bond acceptors (Lipinski definition) is 5. The molecule has 0 aliphatic carbocycles. The fourth-order valence-electron chi connectivity index (χ4n) is 5.06. The maximum absolute atomic E-state index is 13.1. The van der Waals surface area contributed by atoms with E-state index >= 15 is 0 Å². The summed E-state index contributed by atoms with van der Waals surface area (Å²) in [5.41, 5.74) is 3.55. The number of nitrogens with zero attached hydrogens (tertiary/aromatic N) is 4. The third kappa shape index (κ3) is 3.46. The highest BCUT2D eigenvalue weighted by Crippen LogP contribution is 2.29. The first-order valence-electron chi connectivity index (χ1n) is 11.3. The standard InChI is InChI=1S/C22H31N5O3/c1-14(2)26-10-7-17-16(13-26)21(28)27-20(23-17)12-18(24-27)15-5-8-25(9-6-15)22(29)19-4-3-11-30-19/h12,14-15,19,24H,3-11,13H2,1-2H3. The molecule has 0 bridgehead atoms. The third-order valence-electron chi connectivity index (χ3n) is 6.99. The SMILES string of the molecule is CC(C)N1CCc2nc3cc(C4CCN(C(=O)C5CCCO5)CC4)[nH]n3c(=O)c2C1. The van der Waals surface area contributed by atoms with Gasteiger partial charge in [-0.25, -0.2) is 9.50 Å². The fraction of sp³-hybridized carbons (Fsp3) is 0.682. The van der Waals surface area contributed by atoms with Crippen molar-refractivity contribution in [2.75, 3.05) is 26.2 Å². The molecule has 2 fully saturated rings. The topological polar surface area (TPSA) is 82.9 Å². The van der Waals surface area contributed by atoms with Gasteiger partial charge in [-0.3, -0.25) is 19.6 Å². The summed E-state index contributed by atoms with van der Waals surface area (Å²) in [4.78, 5) is 34.8. The molecule has 3 aliphatic rings. The van der Waals surface area contributed by atoms with Crippen LogP contribution in [0.4, 0.5) is 0 Å². The van der Waals surface area contributed by atoms with E-state index in [9.17, 15) is 9.59 Å². The second kappa shape index (κ2) is 7.81. The molecule has 1 unspecified atom stereocenters. The molecular weight excluding hydrogens is 382 g/mol. The number of ether oxygens (including phenoxy) is 1. The Bertz CT molecular complexity index is 996. The van der Waals surface area contributed by atoms with Gasteiger partial charge in [-0.15, -0.1) is 0 Å². The van der Waals surface area contributed by atoms with Crippen molar-refractivity contribution in [3.8, 4) is 0 Å². The smallest absolute Gasteiger partial charge is 0.277 e. The van der Waals surface area contributed by atoms with E-state index in [1.165, 1.54) is 0 Å². The zero-order chi connectivity index (χ0) is 20.8. The van der Waals surface area contributed by atoms with Crippen LogP contribution in [0.3, 0.4) is 0 Å². The van der Waals surface area contributed by atoms with Gasteiger partial charge in [-0.05, 0) is 39.5 Å². The lowest BCUT2D eigenvalue weighted by molar-refractivity contribution is -0.142. The van der Waals surface area contributed by atoms with Crippen LogP contribution in [0.2, 0.25) is 0 Å². The second-order valence-electron chi connectivity index (χ2n) is 9.16. The van der Waals surface area contributed by atoms with Gasteiger partial charge in [-0.2, -0.15) is 0 Å². The Morgan fingerprint density at radius 2 is 2.03 bits per heavy atom. The Hall–Kier alpha value is -2.19. The van der Waals surface area contributed by atoms with E-state index in [0.717, 1.165) is 68.7 Å². The number of carbonyl (C=O) groups excluding carboxylic acids is 1. The number of H-pyrrole nitrogens is 1. The monoisotopic (exact) mass is 413 g/mol. The number of hydrogen-bond donors (Lipinski definition) is 1. The zero-order valence-corrected chi connectivity index (χ0v) is 17.9. The number of aromatic amines is 1. The average molecular weight is 414 g/mol. The van der Waals surface area contributed by atoms with Gasteiger partial charge < -0.3 is 9.64 Å². The molecule has 2 aromatic rings. The van der Waals surface area contributed by atoms with Gasteiger partial charge in [0.05, 0.1) is 11.3 Å². The van der Waals surface area contributed by atoms with E-state index < -0.39 is 0 Å². The molecule has 162 valence electrons. The third-order valence-corrected chi connectivity index (χ3v) is 6.99. The number of carbonyl (C=O) groups is 1. The average Bonchev–Trinajstić information content (AvgIpc) is 3.43. The Labute approximate surface area is 176 Å². The summed E-state index contributed by atoms with van der Waals surface area (Å²) in [5.74, 6) is 0.451. The summed E-state index contributed by atoms with van der Waals surface area (Å²) in [5, 5.41) is 3.32. The van der Waals surface area contributed by atoms with Gasteiger partial charge >= 0.3 is 0 Å². The van der Waals surface area contributed by atoms with Crippen LogP contribution in [0.25, 0.3) is 5.65 Å². The summed E-state index contributed by atoms with van der Waals surface area (Å²) in [6, 6.07) is 2.44. The Morgan fingerprint density at radius 3 is 2.73 bits per heavy atom. The first-order valence-corrected chi connectivity index (χ1v) is 11.3. The highest BCUT2D eigenvalue weighted by Gasteiger charge is 2.32. The molecule has 0 spiro atoms. The van der Waals surface area contributed by atoms with Crippen molar-refractivity contribution in [2.24, 2.45) is 0 Å². The highest BCUT2D eigenvalue weighted by atomic mass is 16.5. The fourth-order valence-corrected chi connectivity index (χ4v) is 5.06. The number of nitrogens with one attached hydrogen (secondary N) is 1. The zero-order valence-electron chi connectivity index (χ0n) is 17.9. The van der Waals surface area contributed by atoms with Crippen LogP contribution in [0.5, 0.6) is 0 Å². The normalized spacial score (nSPS) is 23.4. The van der Waals surface area contributed by atoms with Crippen LogP contribution in [0.15, 0.2) is 10.9 Å². The van der Waals surface area contributed by atoms with Gasteiger partial charge in [-0.1, -0.05) is 0 Å². The van der Waals surface area contributed by atoms with Crippen molar-refractivity contribution in [3.05, 3.63) is 33.4 Å². The van der Waals surface area contributed by atoms with Crippen molar-refractivity contribution in [1.29, 1.82) is 0 Å². The number of likely N-dealkylation sites (tertiary alicyclic amines) is 1.